The maximum Gasteiger partial charge on any atom is 0.419 e. The molecule has 1 aliphatic heterocycles. The van der Waals surface area contributed by atoms with Gasteiger partial charge in [-0.3, -0.25) is 9.36 Å². The molecule has 0 spiro atoms. The molecule has 1 fully saturated rings. The zero-order valence-electron chi connectivity index (χ0n) is 17.0. The Hall–Kier alpha value is -3.55. The molecule has 10 nitrogen and oxygen atoms in total. The summed E-state index contributed by atoms with van der Waals surface area (Å²) in [5.74, 6) is -0.259. The smallest absolute Gasteiger partial charge is 0.408 e. The van der Waals surface area contributed by atoms with Gasteiger partial charge in [0.1, 0.15) is 12.1 Å². The van der Waals surface area contributed by atoms with Crippen molar-refractivity contribution in [3.05, 3.63) is 46.7 Å². The molecule has 4 rings (SSSR count). The lowest BCUT2D eigenvalue weighted by molar-refractivity contribution is -0.132. The van der Waals surface area contributed by atoms with Crippen molar-refractivity contribution in [2.24, 2.45) is 7.05 Å². The summed E-state index contributed by atoms with van der Waals surface area (Å²) in [6.45, 7) is 1.74. The Morgan fingerprint density at radius 3 is 3.00 bits per heavy atom. The SMILES string of the molecule is Cn1c(=O)oc2ccc(-c3ncc(C[C@@H](C#N)NC(=O)[C@@H]4CNCCCO4)cn3)cc21. The van der Waals surface area contributed by atoms with Gasteiger partial charge < -0.3 is 19.8 Å². The van der Waals surface area contributed by atoms with E-state index in [2.05, 4.69) is 26.7 Å². The molecule has 0 saturated carbocycles. The Labute approximate surface area is 177 Å². The number of benzene rings is 1. The number of aromatic nitrogens is 3. The van der Waals surface area contributed by atoms with Crippen molar-refractivity contribution in [1.82, 2.24) is 25.2 Å². The molecule has 0 radical (unpaired) electrons. The van der Waals surface area contributed by atoms with Crippen LogP contribution >= 0.6 is 0 Å². The third kappa shape index (κ3) is 4.63. The number of hydrogen-bond acceptors (Lipinski definition) is 8. The Morgan fingerprint density at radius 2 is 2.23 bits per heavy atom. The van der Waals surface area contributed by atoms with Crippen LogP contribution < -0.4 is 16.4 Å². The van der Waals surface area contributed by atoms with Gasteiger partial charge in [0.2, 0.25) is 0 Å². The number of carbonyl (C=O) groups excluding carboxylic acids is 1. The number of fused-ring (bicyclic) bond motifs is 1. The first-order valence-corrected chi connectivity index (χ1v) is 9.98. The van der Waals surface area contributed by atoms with Crippen molar-refractivity contribution in [3.63, 3.8) is 0 Å². The molecule has 3 heterocycles. The van der Waals surface area contributed by atoms with Crippen LogP contribution in [0.3, 0.4) is 0 Å². The summed E-state index contributed by atoms with van der Waals surface area (Å²) < 4.78 is 12.1. The first-order valence-electron chi connectivity index (χ1n) is 9.98. The first-order chi connectivity index (χ1) is 15.0. The van der Waals surface area contributed by atoms with Crippen molar-refractivity contribution in [2.45, 2.75) is 25.0 Å². The maximum atomic E-state index is 12.4. The topological polar surface area (TPSA) is 135 Å². The van der Waals surface area contributed by atoms with E-state index in [0.717, 1.165) is 18.5 Å². The lowest BCUT2D eigenvalue weighted by Crippen LogP contribution is -2.46. The highest BCUT2D eigenvalue weighted by molar-refractivity contribution is 5.81. The molecule has 2 aromatic heterocycles. The first kappa shape index (κ1) is 20.7. The summed E-state index contributed by atoms with van der Waals surface area (Å²) in [7, 11) is 1.63. The molecule has 160 valence electrons. The van der Waals surface area contributed by atoms with Gasteiger partial charge >= 0.3 is 5.76 Å². The lowest BCUT2D eigenvalue weighted by atomic mass is 10.1. The number of hydrogen-bond donors (Lipinski definition) is 2. The fourth-order valence-corrected chi connectivity index (χ4v) is 3.39. The zero-order valence-corrected chi connectivity index (χ0v) is 17.0. The molecule has 0 unspecified atom stereocenters. The van der Waals surface area contributed by atoms with Crippen molar-refractivity contribution < 1.29 is 13.9 Å². The van der Waals surface area contributed by atoms with Crippen molar-refractivity contribution >= 4 is 17.0 Å². The summed E-state index contributed by atoms with van der Waals surface area (Å²) >= 11 is 0. The Balaban J connectivity index is 1.43. The molecular weight excluding hydrogens is 400 g/mol. The van der Waals surface area contributed by atoms with Crippen LogP contribution in [0.5, 0.6) is 0 Å². The fraction of sp³-hybridized carbons (Fsp3) is 0.381. The van der Waals surface area contributed by atoms with Crippen molar-refractivity contribution in [1.29, 1.82) is 5.26 Å². The molecule has 0 bridgehead atoms. The number of nitriles is 1. The minimum Gasteiger partial charge on any atom is -0.408 e. The van der Waals surface area contributed by atoms with Crippen LogP contribution in [0.25, 0.3) is 22.5 Å². The number of aryl methyl sites for hydroxylation is 1. The summed E-state index contributed by atoms with van der Waals surface area (Å²) in [6, 6.07) is 6.65. The van der Waals surface area contributed by atoms with E-state index in [1.54, 1.807) is 37.6 Å². The molecule has 1 aromatic carbocycles. The zero-order chi connectivity index (χ0) is 21.8. The van der Waals surface area contributed by atoms with E-state index in [1.165, 1.54) is 4.57 Å². The highest BCUT2D eigenvalue weighted by atomic mass is 16.5. The van der Waals surface area contributed by atoms with Crippen LogP contribution in [-0.2, 0) is 23.0 Å². The normalized spacial score (nSPS) is 17.6. The molecule has 1 amide bonds. The van der Waals surface area contributed by atoms with Gasteiger partial charge in [0.05, 0.1) is 11.6 Å². The van der Waals surface area contributed by atoms with E-state index in [9.17, 15) is 14.9 Å². The van der Waals surface area contributed by atoms with Gasteiger partial charge in [-0.05, 0) is 36.7 Å². The van der Waals surface area contributed by atoms with Crippen LogP contribution in [-0.4, -0.2) is 52.3 Å². The quantitative estimate of drug-likeness (QED) is 0.607. The minimum absolute atomic E-state index is 0.276. The molecule has 0 aliphatic carbocycles. The monoisotopic (exact) mass is 422 g/mol. The van der Waals surface area contributed by atoms with Crippen molar-refractivity contribution in [2.75, 3.05) is 19.7 Å². The van der Waals surface area contributed by atoms with Crippen LogP contribution in [0.4, 0.5) is 0 Å². The van der Waals surface area contributed by atoms with Gasteiger partial charge in [0.25, 0.3) is 5.91 Å². The van der Waals surface area contributed by atoms with Gasteiger partial charge in [-0.25, -0.2) is 14.8 Å². The second-order valence-corrected chi connectivity index (χ2v) is 7.34. The van der Waals surface area contributed by atoms with Crippen molar-refractivity contribution in [3.8, 4) is 17.5 Å². The molecule has 31 heavy (non-hydrogen) atoms. The lowest BCUT2D eigenvalue weighted by Gasteiger charge is -2.17. The number of ether oxygens (including phenoxy) is 1. The Bertz CT molecular complexity index is 1170. The molecule has 1 aliphatic rings. The largest absolute Gasteiger partial charge is 0.419 e. The van der Waals surface area contributed by atoms with Gasteiger partial charge in [-0.1, -0.05) is 0 Å². The van der Waals surface area contributed by atoms with E-state index < -0.39 is 17.9 Å². The van der Waals surface area contributed by atoms with Crippen LogP contribution in [0.1, 0.15) is 12.0 Å². The third-order valence-corrected chi connectivity index (χ3v) is 5.11. The number of oxazole rings is 1. The van der Waals surface area contributed by atoms with Gasteiger partial charge in [0.15, 0.2) is 11.4 Å². The Kier molecular flexibility index (Phi) is 6.06. The van der Waals surface area contributed by atoms with Gasteiger partial charge in [-0.15, -0.1) is 0 Å². The van der Waals surface area contributed by atoms with E-state index >= 15 is 0 Å². The number of nitrogens with zero attached hydrogens (tertiary/aromatic N) is 4. The van der Waals surface area contributed by atoms with Gasteiger partial charge in [-0.2, -0.15) is 5.26 Å². The average Bonchev–Trinajstić information content (AvgIpc) is 2.96. The maximum absolute atomic E-state index is 12.4. The minimum atomic E-state index is -0.717. The number of rotatable bonds is 5. The highest BCUT2D eigenvalue weighted by Crippen LogP contribution is 2.21. The molecule has 1 saturated heterocycles. The second kappa shape index (κ2) is 9.07. The fourth-order valence-electron chi connectivity index (χ4n) is 3.39. The van der Waals surface area contributed by atoms with Crippen LogP contribution in [0.2, 0.25) is 0 Å². The number of nitrogens with one attached hydrogen (secondary N) is 2. The van der Waals surface area contributed by atoms with E-state index in [4.69, 9.17) is 9.15 Å². The molecule has 10 heteroatoms. The van der Waals surface area contributed by atoms with Gasteiger partial charge in [0, 0.05) is 44.6 Å². The summed E-state index contributed by atoms with van der Waals surface area (Å²) in [4.78, 5) is 32.8. The Morgan fingerprint density at radius 1 is 1.42 bits per heavy atom. The van der Waals surface area contributed by atoms with Crippen LogP contribution in [0, 0.1) is 11.3 Å². The van der Waals surface area contributed by atoms with E-state index in [1.807, 2.05) is 0 Å². The molecule has 3 aromatic rings. The summed E-state index contributed by atoms with van der Waals surface area (Å²) in [5.41, 5.74) is 2.59. The molecule has 2 N–H and O–H groups in total. The highest BCUT2D eigenvalue weighted by Gasteiger charge is 2.23. The summed E-state index contributed by atoms with van der Waals surface area (Å²) in [6.07, 6.45) is 3.77. The van der Waals surface area contributed by atoms with E-state index in [0.29, 0.717) is 35.6 Å². The third-order valence-electron chi connectivity index (χ3n) is 5.11. The molecule has 2 atom stereocenters. The predicted molar refractivity (Wildman–Crippen MR) is 111 cm³/mol. The number of carbonyl (C=O) groups is 1. The summed E-state index contributed by atoms with van der Waals surface area (Å²) in [5, 5.41) is 15.3. The molecular formula is C21H22N6O4. The average molecular weight is 422 g/mol. The standard InChI is InChI=1S/C21H22N6O4/c1-27-16-8-14(3-4-17(16)31-21(27)29)19-24-10-13(11-25-19)7-15(9-22)26-20(28)18-12-23-5-2-6-30-18/h3-4,8,10-11,15,18,23H,2,5-7,12H2,1H3,(H,26,28)/t15-,18-/m0/s1. The van der Waals surface area contributed by atoms with Crippen LogP contribution in [0.15, 0.2) is 39.8 Å². The number of amides is 1. The predicted octanol–water partition coefficient (Wildman–Crippen LogP) is 0.518. The van der Waals surface area contributed by atoms with E-state index in [-0.39, 0.29) is 12.3 Å². The second-order valence-electron chi connectivity index (χ2n) is 7.34.